The zero-order valence-corrected chi connectivity index (χ0v) is 18.9. The van der Waals surface area contributed by atoms with Gasteiger partial charge in [0.15, 0.2) is 11.0 Å². The number of hydrogen-bond donors (Lipinski definition) is 3. The molecule has 0 atom stereocenters. The summed E-state index contributed by atoms with van der Waals surface area (Å²) in [5, 5.41) is 23.0. The molecule has 3 aromatic rings. The smallest absolute Gasteiger partial charge is 0.335 e. The largest absolute Gasteiger partial charge is 0.478 e. The van der Waals surface area contributed by atoms with Crippen LogP contribution in [-0.4, -0.2) is 43.4 Å². The van der Waals surface area contributed by atoms with Gasteiger partial charge in [0.1, 0.15) is 5.82 Å². The van der Waals surface area contributed by atoms with E-state index >= 15 is 0 Å². The average Bonchev–Trinajstić information content (AvgIpc) is 3.19. The zero-order chi connectivity index (χ0) is 24.0. The number of hydrogen-bond acceptors (Lipinski definition) is 6. The van der Waals surface area contributed by atoms with Crippen molar-refractivity contribution >= 4 is 46.8 Å². The third-order valence-electron chi connectivity index (χ3n) is 4.45. The monoisotopic (exact) mass is 491 g/mol. The Labute approximate surface area is 197 Å². The molecule has 0 aliphatic rings. The van der Waals surface area contributed by atoms with Crippen LogP contribution < -0.4 is 10.6 Å². The summed E-state index contributed by atoms with van der Waals surface area (Å²) in [6.45, 7) is 2.36. The average molecular weight is 492 g/mol. The Morgan fingerprint density at radius 1 is 1.18 bits per heavy atom. The first kappa shape index (κ1) is 24.2. The Hall–Kier alpha value is -3.44. The number of nitrogens with zero attached hydrogens (tertiary/aromatic N) is 3. The summed E-state index contributed by atoms with van der Waals surface area (Å²) in [6, 6.07) is 9.66. The van der Waals surface area contributed by atoms with E-state index in [-0.39, 0.29) is 34.1 Å². The molecule has 0 unspecified atom stereocenters. The lowest BCUT2D eigenvalue weighted by molar-refractivity contribution is -0.113. The second-order valence-corrected chi connectivity index (χ2v) is 7.99. The van der Waals surface area contributed by atoms with E-state index < -0.39 is 23.6 Å². The van der Waals surface area contributed by atoms with Gasteiger partial charge in [0, 0.05) is 6.54 Å². The van der Waals surface area contributed by atoms with Crippen LogP contribution in [0, 0.1) is 5.82 Å². The number of carbonyl (C=O) groups is 3. The van der Waals surface area contributed by atoms with E-state index in [9.17, 15) is 18.8 Å². The number of nitrogens with one attached hydrogen (secondary N) is 2. The maximum absolute atomic E-state index is 13.8. The van der Waals surface area contributed by atoms with Gasteiger partial charge in [0.05, 0.1) is 34.1 Å². The van der Waals surface area contributed by atoms with Crippen LogP contribution in [0.1, 0.15) is 33.5 Å². The van der Waals surface area contributed by atoms with Gasteiger partial charge in [-0.3, -0.25) is 9.59 Å². The number of aromatic nitrogens is 3. The standard InChI is InChI=1S/C21H19ClFN5O4S/c1-2-28-17(10-24-19(30)13-5-3-4-6-15(13)23)26-27-21(28)33-11-18(29)25-16-9-12(20(31)32)7-8-14(16)22/h3-9H,2,10-11H2,1H3,(H,24,30)(H,25,29)(H,31,32). The number of anilines is 1. The van der Waals surface area contributed by atoms with E-state index in [0.29, 0.717) is 17.5 Å². The Morgan fingerprint density at radius 2 is 1.94 bits per heavy atom. The summed E-state index contributed by atoms with van der Waals surface area (Å²) in [6.07, 6.45) is 0. The molecule has 0 spiro atoms. The first-order chi connectivity index (χ1) is 15.8. The molecule has 1 heterocycles. The van der Waals surface area contributed by atoms with Gasteiger partial charge in [0.25, 0.3) is 5.91 Å². The fourth-order valence-corrected chi connectivity index (χ4v) is 3.83. The SMILES string of the molecule is CCn1c(CNC(=O)c2ccccc2F)nnc1SCC(=O)Nc1cc(C(=O)O)ccc1Cl. The third kappa shape index (κ3) is 6.08. The normalized spacial score (nSPS) is 10.6. The maximum Gasteiger partial charge on any atom is 0.335 e. The van der Waals surface area contributed by atoms with Gasteiger partial charge in [-0.05, 0) is 37.3 Å². The molecule has 2 aromatic carbocycles. The summed E-state index contributed by atoms with van der Waals surface area (Å²) in [4.78, 5) is 35.7. The van der Waals surface area contributed by atoms with E-state index in [1.54, 1.807) is 10.6 Å². The molecule has 0 saturated carbocycles. The molecular formula is C21H19ClFN5O4S. The fraction of sp³-hybridized carbons (Fsp3) is 0.190. The van der Waals surface area contributed by atoms with E-state index in [2.05, 4.69) is 20.8 Å². The number of rotatable bonds is 9. The Morgan fingerprint density at radius 3 is 2.64 bits per heavy atom. The lowest BCUT2D eigenvalue weighted by Gasteiger charge is -2.10. The number of carboxylic acid groups (broad SMARTS) is 1. The van der Waals surface area contributed by atoms with Crippen molar-refractivity contribution in [2.75, 3.05) is 11.1 Å². The molecule has 3 rings (SSSR count). The highest BCUT2D eigenvalue weighted by Gasteiger charge is 2.16. The van der Waals surface area contributed by atoms with Crippen LogP contribution in [0.2, 0.25) is 5.02 Å². The highest BCUT2D eigenvalue weighted by molar-refractivity contribution is 7.99. The van der Waals surface area contributed by atoms with Crippen LogP contribution in [-0.2, 0) is 17.9 Å². The fourth-order valence-electron chi connectivity index (χ4n) is 2.84. The van der Waals surface area contributed by atoms with Crippen molar-refractivity contribution in [3.05, 3.63) is 70.3 Å². The minimum Gasteiger partial charge on any atom is -0.478 e. The molecular weight excluding hydrogens is 473 g/mol. The molecule has 172 valence electrons. The van der Waals surface area contributed by atoms with Gasteiger partial charge in [-0.1, -0.05) is 35.5 Å². The Kier molecular flexibility index (Phi) is 8.01. The van der Waals surface area contributed by atoms with Crippen LogP contribution in [0.25, 0.3) is 0 Å². The van der Waals surface area contributed by atoms with Crippen molar-refractivity contribution in [3.63, 3.8) is 0 Å². The van der Waals surface area contributed by atoms with Crippen LogP contribution in [0.3, 0.4) is 0 Å². The van der Waals surface area contributed by atoms with Crippen molar-refractivity contribution in [3.8, 4) is 0 Å². The summed E-state index contributed by atoms with van der Waals surface area (Å²) < 4.78 is 15.5. The Balaban J connectivity index is 1.60. The maximum atomic E-state index is 13.8. The molecule has 9 nitrogen and oxygen atoms in total. The number of thioether (sulfide) groups is 1. The highest BCUT2D eigenvalue weighted by Crippen LogP contribution is 2.24. The molecule has 0 bridgehead atoms. The lowest BCUT2D eigenvalue weighted by Crippen LogP contribution is -2.25. The molecule has 0 aliphatic heterocycles. The van der Waals surface area contributed by atoms with Crippen LogP contribution in [0.5, 0.6) is 0 Å². The lowest BCUT2D eigenvalue weighted by atomic mass is 10.2. The number of benzene rings is 2. The zero-order valence-electron chi connectivity index (χ0n) is 17.3. The summed E-state index contributed by atoms with van der Waals surface area (Å²) in [7, 11) is 0. The first-order valence-electron chi connectivity index (χ1n) is 9.70. The van der Waals surface area contributed by atoms with Crippen LogP contribution in [0.4, 0.5) is 10.1 Å². The summed E-state index contributed by atoms with van der Waals surface area (Å²) >= 11 is 7.14. The van der Waals surface area contributed by atoms with E-state index in [1.165, 1.54) is 36.4 Å². The van der Waals surface area contributed by atoms with Crippen LogP contribution >= 0.6 is 23.4 Å². The molecule has 3 N–H and O–H groups in total. The molecule has 0 radical (unpaired) electrons. The van der Waals surface area contributed by atoms with Gasteiger partial charge in [0.2, 0.25) is 5.91 Å². The van der Waals surface area contributed by atoms with Gasteiger partial charge in [-0.2, -0.15) is 0 Å². The molecule has 2 amide bonds. The van der Waals surface area contributed by atoms with Crippen molar-refractivity contribution in [1.29, 1.82) is 0 Å². The van der Waals surface area contributed by atoms with Gasteiger partial charge >= 0.3 is 5.97 Å². The summed E-state index contributed by atoms with van der Waals surface area (Å²) in [5.74, 6) is -2.34. The van der Waals surface area contributed by atoms with Crippen molar-refractivity contribution in [2.45, 2.75) is 25.2 Å². The predicted octanol–water partition coefficient (Wildman–Crippen LogP) is 3.45. The van der Waals surface area contributed by atoms with Gasteiger partial charge in [-0.15, -0.1) is 10.2 Å². The van der Waals surface area contributed by atoms with Crippen molar-refractivity contribution in [2.24, 2.45) is 0 Å². The first-order valence-corrected chi connectivity index (χ1v) is 11.1. The molecule has 0 aliphatic carbocycles. The topological polar surface area (TPSA) is 126 Å². The third-order valence-corrected chi connectivity index (χ3v) is 5.75. The molecule has 33 heavy (non-hydrogen) atoms. The molecule has 0 saturated heterocycles. The van der Waals surface area contributed by atoms with Crippen molar-refractivity contribution < 1.29 is 23.9 Å². The summed E-state index contributed by atoms with van der Waals surface area (Å²) in [5.41, 5.74) is 0.114. The van der Waals surface area contributed by atoms with Gasteiger partial charge < -0.3 is 20.3 Å². The number of halogens is 2. The van der Waals surface area contributed by atoms with E-state index in [0.717, 1.165) is 11.8 Å². The Bertz CT molecular complexity index is 1200. The van der Waals surface area contributed by atoms with E-state index in [4.69, 9.17) is 16.7 Å². The van der Waals surface area contributed by atoms with E-state index in [1.807, 2.05) is 6.92 Å². The minimum atomic E-state index is -1.14. The second kappa shape index (κ2) is 10.9. The minimum absolute atomic E-state index is 0.00449. The second-order valence-electron chi connectivity index (χ2n) is 6.64. The molecule has 12 heteroatoms. The quantitative estimate of drug-likeness (QED) is 0.391. The molecule has 1 aromatic heterocycles. The number of amides is 2. The predicted molar refractivity (Wildman–Crippen MR) is 121 cm³/mol. The van der Waals surface area contributed by atoms with Crippen molar-refractivity contribution in [1.82, 2.24) is 20.1 Å². The van der Waals surface area contributed by atoms with Gasteiger partial charge in [-0.25, -0.2) is 9.18 Å². The number of aromatic carboxylic acids is 1. The number of carbonyl (C=O) groups excluding carboxylic acids is 2. The highest BCUT2D eigenvalue weighted by atomic mass is 35.5. The number of carboxylic acids is 1. The van der Waals surface area contributed by atoms with Crippen LogP contribution in [0.15, 0.2) is 47.6 Å². The molecule has 0 fully saturated rings.